The topological polar surface area (TPSA) is 60.2 Å². The Balaban J connectivity index is 1.86. The van der Waals surface area contributed by atoms with Gasteiger partial charge in [0.1, 0.15) is 0 Å². The fourth-order valence-corrected chi connectivity index (χ4v) is 2.65. The van der Waals surface area contributed by atoms with E-state index >= 15 is 0 Å². The van der Waals surface area contributed by atoms with Gasteiger partial charge in [-0.25, -0.2) is 0 Å². The van der Waals surface area contributed by atoms with E-state index in [9.17, 15) is 0 Å². The first-order chi connectivity index (χ1) is 9.78. The van der Waals surface area contributed by atoms with Gasteiger partial charge in [0.25, 0.3) is 0 Å². The van der Waals surface area contributed by atoms with Crippen LogP contribution in [-0.2, 0) is 4.74 Å². The van der Waals surface area contributed by atoms with Gasteiger partial charge in [0.15, 0.2) is 0 Å². The minimum atomic E-state index is 0.0918. The molecule has 1 saturated heterocycles. The van der Waals surface area contributed by atoms with Crippen LogP contribution in [0, 0.1) is 0 Å². The van der Waals surface area contributed by atoms with Crippen LogP contribution in [0.1, 0.15) is 18.2 Å². The monoisotopic (exact) mass is 293 g/mol. The van der Waals surface area contributed by atoms with Crippen molar-refractivity contribution >= 4 is 11.6 Å². The molecular weight excluding hydrogens is 278 g/mol. The molecule has 2 aromatic rings. The van der Waals surface area contributed by atoms with Crippen molar-refractivity contribution in [1.29, 1.82) is 0 Å². The van der Waals surface area contributed by atoms with Crippen LogP contribution >= 0.6 is 11.6 Å². The molecule has 5 nitrogen and oxygen atoms in total. The number of rotatable bonds is 3. The van der Waals surface area contributed by atoms with Crippen molar-refractivity contribution in [1.82, 2.24) is 15.5 Å². The summed E-state index contributed by atoms with van der Waals surface area (Å²) in [6, 6.07) is 7.72. The lowest BCUT2D eigenvalue weighted by atomic mass is 9.96. The highest BCUT2D eigenvalue weighted by atomic mass is 35.5. The number of benzene rings is 1. The van der Waals surface area contributed by atoms with Crippen LogP contribution in [0.5, 0.6) is 0 Å². The molecule has 0 radical (unpaired) electrons. The molecule has 106 valence electrons. The number of hydrogen-bond acceptors (Lipinski definition) is 5. The second kappa shape index (κ2) is 5.91. The summed E-state index contributed by atoms with van der Waals surface area (Å²) in [6.45, 7) is 1.36. The van der Waals surface area contributed by atoms with Crippen LogP contribution in [0.25, 0.3) is 11.4 Å². The molecule has 1 N–H and O–H groups in total. The summed E-state index contributed by atoms with van der Waals surface area (Å²) in [5, 5.41) is 7.98. The summed E-state index contributed by atoms with van der Waals surface area (Å²) in [7, 11) is 1.94. The maximum absolute atomic E-state index is 5.98. The van der Waals surface area contributed by atoms with Gasteiger partial charge in [-0.2, -0.15) is 4.98 Å². The van der Waals surface area contributed by atoms with Gasteiger partial charge < -0.3 is 14.6 Å². The molecule has 0 aliphatic carbocycles. The van der Waals surface area contributed by atoms with Gasteiger partial charge in [0.2, 0.25) is 11.7 Å². The Kier molecular flexibility index (Phi) is 4.00. The third kappa shape index (κ3) is 2.70. The predicted octanol–water partition coefficient (Wildman–Crippen LogP) is 2.48. The molecule has 3 rings (SSSR count). The lowest BCUT2D eigenvalue weighted by Gasteiger charge is -2.28. The van der Waals surface area contributed by atoms with E-state index in [4.69, 9.17) is 20.9 Å². The standard InChI is InChI=1S/C14H16ClN3O2/c1-16-12-5-6-19-8-11(12)14-17-13(18-20-14)9-3-2-4-10(15)7-9/h2-4,7,11-12,16H,5-6,8H2,1H3. The van der Waals surface area contributed by atoms with Crippen molar-refractivity contribution in [3.05, 3.63) is 35.2 Å². The largest absolute Gasteiger partial charge is 0.381 e. The minimum Gasteiger partial charge on any atom is -0.381 e. The fourth-order valence-electron chi connectivity index (χ4n) is 2.46. The fraction of sp³-hybridized carbons (Fsp3) is 0.429. The molecule has 2 unspecified atom stereocenters. The predicted molar refractivity (Wildman–Crippen MR) is 75.8 cm³/mol. The van der Waals surface area contributed by atoms with E-state index in [0.29, 0.717) is 29.4 Å². The molecule has 0 spiro atoms. The second-order valence-corrected chi connectivity index (χ2v) is 5.27. The normalized spacial score (nSPS) is 22.9. The van der Waals surface area contributed by atoms with Crippen LogP contribution in [0.15, 0.2) is 28.8 Å². The number of aromatic nitrogens is 2. The van der Waals surface area contributed by atoms with E-state index in [2.05, 4.69) is 15.5 Å². The number of ether oxygens (including phenoxy) is 1. The molecule has 2 atom stereocenters. The van der Waals surface area contributed by atoms with Crippen LogP contribution in [0.3, 0.4) is 0 Å². The summed E-state index contributed by atoms with van der Waals surface area (Å²) in [5.41, 5.74) is 0.852. The van der Waals surface area contributed by atoms with E-state index < -0.39 is 0 Å². The molecule has 0 bridgehead atoms. The average molecular weight is 294 g/mol. The van der Waals surface area contributed by atoms with Crippen molar-refractivity contribution in [3.63, 3.8) is 0 Å². The zero-order chi connectivity index (χ0) is 13.9. The van der Waals surface area contributed by atoms with Crippen molar-refractivity contribution in [2.75, 3.05) is 20.3 Å². The number of halogens is 1. The number of hydrogen-bond donors (Lipinski definition) is 1. The number of nitrogens with one attached hydrogen (secondary N) is 1. The molecule has 1 fully saturated rings. The number of likely N-dealkylation sites (N-methyl/N-ethyl adjacent to an activating group) is 1. The molecular formula is C14H16ClN3O2. The second-order valence-electron chi connectivity index (χ2n) is 4.83. The molecule has 1 aliphatic rings. The maximum atomic E-state index is 5.98. The van der Waals surface area contributed by atoms with Gasteiger partial charge in [-0.1, -0.05) is 28.9 Å². The summed E-state index contributed by atoms with van der Waals surface area (Å²) < 4.78 is 10.9. The third-order valence-electron chi connectivity index (χ3n) is 3.57. The van der Waals surface area contributed by atoms with Gasteiger partial charge in [0, 0.05) is 23.2 Å². The average Bonchev–Trinajstić information content (AvgIpc) is 2.97. The molecule has 1 aliphatic heterocycles. The Labute approximate surface area is 122 Å². The Morgan fingerprint density at radius 2 is 2.30 bits per heavy atom. The highest BCUT2D eigenvalue weighted by Gasteiger charge is 2.30. The Hall–Kier alpha value is -1.43. The van der Waals surface area contributed by atoms with Crippen molar-refractivity contribution in [2.45, 2.75) is 18.4 Å². The van der Waals surface area contributed by atoms with Gasteiger partial charge in [-0.15, -0.1) is 0 Å². The molecule has 1 aromatic carbocycles. The van der Waals surface area contributed by atoms with Gasteiger partial charge >= 0.3 is 0 Å². The smallest absolute Gasteiger partial charge is 0.233 e. The van der Waals surface area contributed by atoms with Gasteiger partial charge in [-0.3, -0.25) is 0 Å². The molecule has 2 heterocycles. The Morgan fingerprint density at radius 1 is 1.40 bits per heavy atom. The van der Waals surface area contributed by atoms with Crippen LogP contribution < -0.4 is 5.32 Å². The maximum Gasteiger partial charge on any atom is 0.233 e. The molecule has 0 saturated carbocycles. The SMILES string of the molecule is CNC1CCOCC1c1nc(-c2cccc(Cl)c2)no1. The quantitative estimate of drug-likeness (QED) is 0.942. The van der Waals surface area contributed by atoms with E-state index in [1.165, 1.54) is 0 Å². The van der Waals surface area contributed by atoms with Crippen LogP contribution in [0.4, 0.5) is 0 Å². The Morgan fingerprint density at radius 3 is 3.10 bits per heavy atom. The van der Waals surface area contributed by atoms with Crippen molar-refractivity contribution < 1.29 is 9.26 Å². The minimum absolute atomic E-state index is 0.0918. The van der Waals surface area contributed by atoms with Crippen LogP contribution in [-0.4, -0.2) is 36.4 Å². The van der Waals surface area contributed by atoms with E-state index in [-0.39, 0.29) is 5.92 Å². The van der Waals surface area contributed by atoms with E-state index in [0.717, 1.165) is 18.6 Å². The zero-order valence-electron chi connectivity index (χ0n) is 11.2. The Bertz CT molecular complexity index is 587. The molecule has 0 amide bonds. The van der Waals surface area contributed by atoms with Gasteiger partial charge in [0.05, 0.1) is 12.5 Å². The first-order valence-electron chi connectivity index (χ1n) is 6.62. The molecule has 1 aromatic heterocycles. The first-order valence-corrected chi connectivity index (χ1v) is 7.00. The number of nitrogens with zero attached hydrogens (tertiary/aromatic N) is 2. The van der Waals surface area contributed by atoms with Crippen molar-refractivity contribution in [2.24, 2.45) is 0 Å². The van der Waals surface area contributed by atoms with Crippen LogP contribution in [0.2, 0.25) is 5.02 Å². The summed E-state index contributed by atoms with van der Waals surface area (Å²) in [4.78, 5) is 4.49. The van der Waals surface area contributed by atoms with Crippen molar-refractivity contribution in [3.8, 4) is 11.4 Å². The highest BCUT2D eigenvalue weighted by Crippen LogP contribution is 2.27. The lowest BCUT2D eigenvalue weighted by molar-refractivity contribution is 0.0516. The zero-order valence-corrected chi connectivity index (χ0v) is 11.9. The molecule has 6 heteroatoms. The lowest BCUT2D eigenvalue weighted by Crippen LogP contribution is -2.39. The van der Waals surface area contributed by atoms with E-state index in [1.807, 2.05) is 31.3 Å². The molecule has 20 heavy (non-hydrogen) atoms. The highest BCUT2D eigenvalue weighted by molar-refractivity contribution is 6.30. The summed E-state index contributed by atoms with van der Waals surface area (Å²) in [6.07, 6.45) is 0.941. The van der Waals surface area contributed by atoms with E-state index in [1.54, 1.807) is 0 Å². The summed E-state index contributed by atoms with van der Waals surface area (Å²) in [5.74, 6) is 1.26. The first kappa shape index (κ1) is 13.5. The van der Waals surface area contributed by atoms with Gasteiger partial charge in [-0.05, 0) is 25.6 Å². The summed E-state index contributed by atoms with van der Waals surface area (Å²) >= 11 is 5.98. The third-order valence-corrected chi connectivity index (χ3v) is 3.80.